The van der Waals surface area contributed by atoms with Crippen molar-refractivity contribution in [1.29, 1.82) is 0 Å². The Morgan fingerprint density at radius 3 is 2.48 bits per heavy atom. The lowest BCUT2D eigenvalue weighted by Crippen LogP contribution is -2.34. The predicted octanol–water partition coefficient (Wildman–Crippen LogP) is 3.32. The number of rotatable bonds is 6. The first-order valence-corrected chi connectivity index (χ1v) is 8.96. The van der Waals surface area contributed by atoms with Crippen LogP contribution in [0.3, 0.4) is 0 Å². The number of hydrogen-bond donors (Lipinski definition) is 2. The maximum Gasteiger partial charge on any atom is 0.404 e. The van der Waals surface area contributed by atoms with Gasteiger partial charge in [-0.1, -0.05) is 39.0 Å². The van der Waals surface area contributed by atoms with Crippen molar-refractivity contribution >= 4 is 28.8 Å². The average Bonchev–Trinajstić information content (AvgIpc) is 2.96. The van der Waals surface area contributed by atoms with Gasteiger partial charge >= 0.3 is 6.09 Å². The molecule has 0 saturated carbocycles. The lowest BCUT2D eigenvalue weighted by Gasteiger charge is -2.29. The van der Waals surface area contributed by atoms with Crippen LogP contribution in [0.4, 0.5) is 4.79 Å². The maximum absolute atomic E-state index is 12.6. The van der Waals surface area contributed by atoms with E-state index in [0.717, 1.165) is 5.39 Å². The number of benzene rings is 1. The molecule has 1 heterocycles. The summed E-state index contributed by atoms with van der Waals surface area (Å²) in [6, 6.07) is 7.29. The van der Waals surface area contributed by atoms with Gasteiger partial charge in [0.2, 0.25) is 5.91 Å². The second-order valence-electron chi connectivity index (χ2n) is 7.64. The van der Waals surface area contributed by atoms with E-state index in [-0.39, 0.29) is 23.3 Å². The number of nitrogens with zero attached hydrogens (tertiary/aromatic N) is 1. The highest BCUT2D eigenvalue weighted by Crippen LogP contribution is 2.26. The molecule has 7 heteroatoms. The molecular formula is C20H27N3O4. The fraction of sp³-hybridized carbons (Fsp3) is 0.450. The van der Waals surface area contributed by atoms with Gasteiger partial charge in [-0.15, -0.1) is 0 Å². The van der Waals surface area contributed by atoms with Crippen molar-refractivity contribution in [2.75, 3.05) is 6.54 Å². The molecule has 0 radical (unpaired) electrons. The standard InChI is InChI=1S/C20H27N3O4/c1-13(24)23-12-15(14-8-5-6-9-16(14)23)18(25)22-11-7-10-17(20(2,3)4)27-19(21)26/h5-6,8-9,12,17H,7,10-11H2,1-4H3,(H2,21,26)(H,22,25). The Balaban J connectivity index is 2.01. The number of para-hydroxylation sites is 1. The third-order valence-electron chi connectivity index (χ3n) is 4.45. The largest absolute Gasteiger partial charge is 0.446 e. The zero-order valence-electron chi connectivity index (χ0n) is 16.2. The fourth-order valence-electron chi connectivity index (χ4n) is 3.01. The van der Waals surface area contributed by atoms with Gasteiger partial charge in [0.25, 0.3) is 5.91 Å². The molecule has 0 fully saturated rings. The summed E-state index contributed by atoms with van der Waals surface area (Å²) < 4.78 is 6.65. The van der Waals surface area contributed by atoms with Gasteiger partial charge in [0.15, 0.2) is 0 Å². The first-order valence-electron chi connectivity index (χ1n) is 8.96. The average molecular weight is 373 g/mol. The Morgan fingerprint density at radius 2 is 1.89 bits per heavy atom. The van der Waals surface area contributed by atoms with Gasteiger partial charge in [-0.05, 0) is 24.3 Å². The summed E-state index contributed by atoms with van der Waals surface area (Å²) in [7, 11) is 0. The van der Waals surface area contributed by atoms with E-state index in [2.05, 4.69) is 5.32 Å². The molecule has 0 aliphatic rings. The van der Waals surface area contributed by atoms with Crippen LogP contribution in [0, 0.1) is 5.41 Å². The number of ether oxygens (including phenoxy) is 1. The minimum absolute atomic E-state index is 0.151. The summed E-state index contributed by atoms with van der Waals surface area (Å²) in [5.41, 5.74) is 6.06. The minimum atomic E-state index is -0.795. The van der Waals surface area contributed by atoms with E-state index in [0.29, 0.717) is 30.5 Å². The quantitative estimate of drug-likeness (QED) is 0.758. The third kappa shape index (κ3) is 5.09. The van der Waals surface area contributed by atoms with Crippen LogP contribution in [0.5, 0.6) is 0 Å². The molecule has 0 bridgehead atoms. The van der Waals surface area contributed by atoms with Crippen LogP contribution < -0.4 is 11.1 Å². The van der Waals surface area contributed by atoms with Crippen molar-refractivity contribution in [3.8, 4) is 0 Å². The van der Waals surface area contributed by atoms with E-state index >= 15 is 0 Å². The van der Waals surface area contributed by atoms with Gasteiger partial charge in [0.05, 0.1) is 11.1 Å². The zero-order valence-corrected chi connectivity index (χ0v) is 16.2. The lowest BCUT2D eigenvalue weighted by molar-refractivity contribution is 0.0301. The monoisotopic (exact) mass is 373 g/mol. The van der Waals surface area contributed by atoms with E-state index < -0.39 is 6.09 Å². The smallest absolute Gasteiger partial charge is 0.404 e. The van der Waals surface area contributed by atoms with Crippen LogP contribution in [0.1, 0.15) is 55.7 Å². The second-order valence-corrected chi connectivity index (χ2v) is 7.64. The number of nitrogens with two attached hydrogens (primary N) is 1. The van der Waals surface area contributed by atoms with Crippen molar-refractivity contribution in [2.45, 2.75) is 46.6 Å². The minimum Gasteiger partial charge on any atom is -0.446 e. The topological polar surface area (TPSA) is 103 Å². The fourth-order valence-corrected chi connectivity index (χ4v) is 3.01. The molecular weight excluding hydrogens is 346 g/mol. The summed E-state index contributed by atoms with van der Waals surface area (Å²) in [6.45, 7) is 7.79. The molecule has 1 aromatic heterocycles. The molecule has 1 aromatic carbocycles. The molecule has 0 spiro atoms. The van der Waals surface area contributed by atoms with Crippen molar-refractivity contribution in [3.63, 3.8) is 0 Å². The number of carbonyl (C=O) groups excluding carboxylic acids is 3. The number of nitrogens with one attached hydrogen (secondary N) is 1. The van der Waals surface area contributed by atoms with Crippen molar-refractivity contribution < 1.29 is 19.1 Å². The van der Waals surface area contributed by atoms with E-state index in [1.807, 2.05) is 45.0 Å². The number of hydrogen-bond acceptors (Lipinski definition) is 4. The molecule has 2 aromatic rings. The van der Waals surface area contributed by atoms with Crippen LogP contribution >= 0.6 is 0 Å². The number of amides is 2. The highest BCUT2D eigenvalue weighted by Gasteiger charge is 2.27. The maximum atomic E-state index is 12.6. The van der Waals surface area contributed by atoms with Gasteiger partial charge in [-0.25, -0.2) is 4.79 Å². The van der Waals surface area contributed by atoms with Gasteiger partial charge in [-0.2, -0.15) is 0 Å². The Bertz CT molecular complexity index is 849. The van der Waals surface area contributed by atoms with Crippen molar-refractivity contribution in [3.05, 3.63) is 36.0 Å². The predicted molar refractivity (Wildman–Crippen MR) is 104 cm³/mol. The Labute approximate surface area is 158 Å². The summed E-state index contributed by atoms with van der Waals surface area (Å²) >= 11 is 0. The van der Waals surface area contributed by atoms with Crippen molar-refractivity contribution in [2.24, 2.45) is 11.1 Å². The Hall–Kier alpha value is -2.83. The van der Waals surface area contributed by atoms with Gasteiger partial charge < -0.3 is 15.8 Å². The molecule has 27 heavy (non-hydrogen) atoms. The van der Waals surface area contributed by atoms with Crippen LogP contribution in [0.2, 0.25) is 0 Å². The molecule has 3 N–H and O–H groups in total. The summed E-state index contributed by atoms with van der Waals surface area (Å²) in [5, 5.41) is 3.60. The summed E-state index contributed by atoms with van der Waals surface area (Å²) in [5.74, 6) is -0.392. The number of fused-ring (bicyclic) bond motifs is 1. The van der Waals surface area contributed by atoms with Crippen LogP contribution in [-0.4, -0.2) is 35.1 Å². The Kier molecular flexibility index (Phi) is 6.25. The van der Waals surface area contributed by atoms with E-state index in [1.165, 1.54) is 11.5 Å². The highest BCUT2D eigenvalue weighted by atomic mass is 16.6. The van der Waals surface area contributed by atoms with Gasteiger partial charge in [0.1, 0.15) is 6.10 Å². The lowest BCUT2D eigenvalue weighted by atomic mass is 9.86. The molecule has 0 aliphatic heterocycles. The molecule has 146 valence electrons. The summed E-state index contributed by atoms with van der Waals surface area (Å²) in [4.78, 5) is 35.4. The first-order chi connectivity index (χ1) is 12.6. The van der Waals surface area contributed by atoms with E-state index in [1.54, 1.807) is 6.20 Å². The molecule has 2 rings (SSSR count). The molecule has 2 amide bonds. The van der Waals surface area contributed by atoms with Crippen LogP contribution in [0.15, 0.2) is 30.5 Å². The molecule has 1 unspecified atom stereocenters. The number of aromatic nitrogens is 1. The molecule has 0 aliphatic carbocycles. The van der Waals surface area contributed by atoms with Gasteiger partial charge in [-0.3, -0.25) is 14.2 Å². The number of carbonyl (C=O) groups is 3. The zero-order chi connectivity index (χ0) is 20.2. The number of primary amides is 1. The normalized spacial score (nSPS) is 12.6. The van der Waals surface area contributed by atoms with E-state index in [4.69, 9.17) is 10.5 Å². The SMILES string of the molecule is CC(=O)n1cc(C(=O)NCCCC(OC(N)=O)C(C)(C)C)c2ccccc21. The van der Waals surface area contributed by atoms with E-state index in [9.17, 15) is 14.4 Å². The van der Waals surface area contributed by atoms with Crippen molar-refractivity contribution in [1.82, 2.24) is 9.88 Å². The summed E-state index contributed by atoms with van der Waals surface area (Å²) in [6.07, 6.45) is 1.66. The Morgan fingerprint density at radius 1 is 1.22 bits per heavy atom. The first kappa shape index (κ1) is 20.5. The second kappa shape index (κ2) is 8.24. The highest BCUT2D eigenvalue weighted by molar-refractivity contribution is 6.09. The molecule has 0 saturated heterocycles. The van der Waals surface area contributed by atoms with Crippen LogP contribution in [0.25, 0.3) is 10.9 Å². The molecule has 1 atom stereocenters. The molecule has 7 nitrogen and oxygen atoms in total. The van der Waals surface area contributed by atoms with Gasteiger partial charge in [0, 0.05) is 25.1 Å². The third-order valence-corrected chi connectivity index (χ3v) is 4.45. The van der Waals surface area contributed by atoms with Crippen LogP contribution in [-0.2, 0) is 4.74 Å².